The van der Waals surface area contributed by atoms with Crippen LogP contribution in [0.3, 0.4) is 0 Å². The molecule has 1 aliphatic carbocycles. The minimum atomic E-state index is -0.960. The average Bonchev–Trinajstić information content (AvgIpc) is 2.11. The maximum atomic E-state index is 11.7. The van der Waals surface area contributed by atoms with Gasteiger partial charge in [0.2, 0.25) is 5.91 Å². The SMILES string of the molecule is CC(C)C(C)(O)CNC(=O)C1CCC1C(=O)O. The fourth-order valence-corrected chi connectivity index (χ4v) is 1.71. The summed E-state index contributed by atoms with van der Waals surface area (Å²) in [7, 11) is 0. The van der Waals surface area contributed by atoms with Crippen molar-refractivity contribution in [1.29, 1.82) is 0 Å². The summed E-state index contributed by atoms with van der Waals surface area (Å²) in [6.45, 7) is 5.56. The lowest BCUT2D eigenvalue weighted by atomic mass is 9.73. The molecular formula is C12H21NO4. The van der Waals surface area contributed by atoms with Crippen LogP contribution in [0.1, 0.15) is 33.6 Å². The molecule has 0 radical (unpaired) electrons. The molecule has 3 N–H and O–H groups in total. The Morgan fingerprint density at radius 2 is 1.88 bits per heavy atom. The van der Waals surface area contributed by atoms with Crippen LogP contribution < -0.4 is 5.32 Å². The Balaban J connectivity index is 2.43. The molecule has 1 saturated carbocycles. The van der Waals surface area contributed by atoms with E-state index in [2.05, 4.69) is 5.32 Å². The van der Waals surface area contributed by atoms with Crippen LogP contribution in [-0.2, 0) is 9.59 Å². The number of carboxylic acids is 1. The van der Waals surface area contributed by atoms with Crippen molar-refractivity contribution in [3.63, 3.8) is 0 Å². The summed E-state index contributed by atoms with van der Waals surface area (Å²) in [5.41, 5.74) is -0.960. The average molecular weight is 243 g/mol. The number of carbonyl (C=O) groups excluding carboxylic acids is 1. The van der Waals surface area contributed by atoms with Crippen molar-refractivity contribution in [2.75, 3.05) is 6.54 Å². The van der Waals surface area contributed by atoms with E-state index in [-0.39, 0.29) is 18.4 Å². The normalized spacial score (nSPS) is 27.1. The zero-order valence-electron chi connectivity index (χ0n) is 10.6. The number of hydrogen-bond donors (Lipinski definition) is 3. The first-order chi connectivity index (χ1) is 7.75. The number of carbonyl (C=O) groups is 2. The minimum Gasteiger partial charge on any atom is -0.481 e. The highest BCUT2D eigenvalue weighted by molar-refractivity contribution is 5.86. The summed E-state index contributed by atoms with van der Waals surface area (Å²) >= 11 is 0. The Kier molecular flexibility index (Phi) is 4.14. The molecule has 0 aromatic heterocycles. The molecule has 0 spiro atoms. The van der Waals surface area contributed by atoms with Crippen molar-refractivity contribution >= 4 is 11.9 Å². The minimum absolute atomic E-state index is 0.0273. The molecule has 5 nitrogen and oxygen atoms in total. The summed E-state index contributed by atoms with van der Waals surface area (Å²) in [5, 5.41) is 21.4. The van der Waals surface area contributed by atoms with Crippen molar-refractivity contribution < 1.29 is 19.8 Å². The number of carboxylic acid groups (broad SMARTS) is 1. The van der Waals surface area contributed by atoms with Gasteiger partial charge in [-0.2, -0.15) is 0 Å². The van der Waals surface area contributed by atoms with Crippen LogP contribution in [0.15, 0.2) is 0 Å². The van der Waals surface area contributed by atoms with E-state index in [9.17, 15) is 14.7 Å². The van der Waals surface area contributed by atoms with Crippen molar-refractivity contribution in [2.24, 2.45) is 17.8 Å². The number of rotatable bonds is 5. The standard InChI is InChI=1S/C12H21NO4/c1-7(2)12(3,17)6-13-10(14)8-4-5-9(8)11(15)16/h7-9,17H,4-6H2,1-3H3,(H,13,14)(H,15,16). The van der Waals surface area contributed by atoms with Crippen molar-refractivity contribution in [3.05, 3.63) is 0 Å². The Hall–Kier alpha value is -1.10. The summed E-state index contributed by atoms with van der Waals surface area (Å²) in [4.78, 5) is 22.5. The monoisotopic (exact) mass is 243 g/mol. The van der Waals surface area contributed by atoms with Gasteiger partial charge in [-0.1, -0.05) is 13.8 Å². The number of aliphatic carboxylic acids is 1. The van der Waals surface area contributed by atoms with Gasteiger partial charge < -0.3 is 15.5 Å². The molecule has 1 amide bonds. The lowest BCUT2D eigenvalue weighted by Crippen LogP contribution is -2.49. The maximum Gasteiger partial charge on any atom is 0.307 e. The van der Waals surface area contributed by atoms with Crippen LogP contribution in [0, 0.1) is 17.8 Å². The van der Waals surface area contributed by atoms with E-state index in [1.54, 1.807) is 6.92 Å². The van der Waals surface area contributed by atoms with E-state index >= 15 is 0 Å². The quantitative estimate of drug-likeness (QED) is 0.660. The maximum absolute atomic E-state index is 11.7. The smallest absolute Gasteiger partial charge is 0.307 e. The van der Waals surface area contributed by atoms with E-state index in [1.165, 1.54) is 0 Å². The number of amides is 1. The zero-order chi connectivity index (χ0) is 13.2. The lowest BCUT2D eigenvalue weighted by Gasteiger charge is -2.34. The summed E-state index contributed by atoms with van der Waals surface area (Å²) in [6, 6.07) is 0. The van der Waals surface area contributed by atoms with Gasteiger partial charge in [-0.05, 0) is 25.7 Å². The Morgan fingerprint density at radius 1 is 1.35 bits per heavy atom. The van der Waals surface area contributed by atoms with Crippen molar-refractivity contribution in [2.45, 2.75) is 39.2 Å². The van der Waals surface area contributed by atoms with Gasteiger partial charge in [-0.25, -0.2) is 0 Å². The first-order valence-corrected chi connectivity index (χ1v) is 5.98. The summed E-state index contributed by atoms with van der Waals surface area (Å²) in [6.07, 6.45) is 1.18. The largest absolute Gasteiger partial charge is 0.481 e. The van der Waals surface area contributed by atoms with Crippen LogP contribution in [0.4, 0.5) is 0 Å². The summed E-state index contributed by atoms with van der Waals surface area (Å²) in [5.74, 6) is -2.13. The first-order valence-electron chi connectivity index (χ1n) is 5.98. The van der Waals surface area contributed by atoms with Crippen LogP contribution in [0.5, 0.6) is 0 Å². The molecule has 0 aromatic carbocycles. The predicted molar refractivity (Wildman–Crippen MR) is 62.3 cm³/mol. The molecule has 0 aromatic rings. The van der Waals surface area contributed by atoms with E-state index in [1.807, 2.05) is 13.8 Å². The van der Waals surface area contributed by atoms with E-state index < -0.39 is 23.4 Å². The molecule has 1 fully saturated rings. The zero-order valence-corrected chi connectivity index (χ0v) is 10.6. The second-order valence-corrected chi connectivity index (χ2v) is 5.36. The topological polar surface area (TPSA) is 86.6 Å². The highest BCUT2D eigenvalue weighted by atomic mass is 16.4. The molecule has 1 rings (SSSR count). The Morgan fingerprint density at radius 3 is 2.24 bits per heavy atom. The molecule has 3 unspecified atom stereocenters. The summed E-state index contributed by atoms with van der Waals surface area (Å²) < 4.78 is 0. The molecule has 5 heteroatoms. The highest BCUT2D eigenvalue weighted by Gasteiger charge is 2.41. The highest BCUT2D eigenvalue weighted by Crippen LogP contribution is 2.34. The number of nitrogens with one attached hydrogen (secondary N) is 1. The fourth-order valence-electron chi connectivity index (χ4n) is 1.71. The first kappa shape index (κ1) is 14.0. The van der Waals surface area contributed by atoms with Gasteiger partial charge in [0.05, 0.1) is 17.4 Å². The number of hydrogen-bond acceptors (Lipinski definition) is 3. The van der Waals surface area contributed by atoms with Gasteiger partial charge in [0.25, 0.3) is 0 Å². The van der Waals surface area contributed by atoms with Gasteiger partial charge in [0.1, 0.15) is 0 Å². The second kappa shape index (κ2) is 5.04. The van der Waals surface area contributed by atoms with Crippen LogP contribution in [-0.4, -0.2) is 34.2 Å². The predicted octanol–water partition coefficient (Wildman–Crippen LogP) is 0.620. The number of aliphatic hydroxyl groups is 1. The molecule has 1 aliphatic rings. The Bertz CT molecular complexity index is 312. The van der Waals surface area contributed by atoms with Gasteiger partial charge in [-0.15, -0.1) is 0 Å². The van der Waals surface area contributed by atoms with Gasteiger partial charge in [0, 0.05) is 6.54 Å². The molecule has 0 heterocycles. The molecule has 0 saturated heterocycles. The molecule has 0 aliphatic heterocycles. The fraction of sp³-hybridized carbons (Fsp3) is 0.833. The Labute approximate surface area is 101 Å². The van der Waals surface area contributed by atoms with Crippen LogP contribution >= 0.6 is 0 Å². The second-order valence-electron chi connectivity index (χ2n) is 5.36. The third-order valence-electron chi connectivity index (χ3n) is 3.79. The van der Waals surface area contributed by atoms with Gasteiger partial charge in [0.15, 0.2) is 0 Å². The van der Waals surface area contributed by atoms with E-state index in [4.69, 9.17) is 5.11 Å². The molecule has 17 heavy (non-hydrogen) atoms. The third kappa shape index (κ3) is 3.19. The van der Waals surface area contributed by atoms with E-state index in [0.29, 0.717) is 12.8 Å². The van der Waals surface area contributed by atoms with Gasteiger partial charge >= 0.3 is 5.97 Å². The van der Waals surface area contributed by atoms with Crippen LogP contribution in [0.25, 0.3) is 0 Å². The third-order valence-corrected chi connectivity index (χ3v) is 3.79. The lowest BCUT2D eigenvalue weighted by molar-refractivity contribution is -0.153. The molecule has 3 atom stereocenters. The van der Waals surface area contributed by atoms with Crippen molar-refractivity contribution in [1.82, 2.24) is 5.32 Å². The van der Waals surface area contributed by atoms with Crippen molar-refractivity contribution in [3.8, 4) is 0 Å². The molecule has 0 bridgehead atoms. The van der Waals surface area contributed by atoms with Crippen LogP contribution in [0.2, 0.25) is 0 Å². The molecule has 98 valence electrons. The van der Waals surface area contributed by atoms with E-state index in [0.717, 1.165) is 0 Å². The van der Waals surface area contributed by atoms with Gasteiger partial charge in [-0.3, -0.25) is 9.59 Å². The molecular weight excluding hydrogens is 222 g/mol.